The summed E-state index contributed by atoms with van der Waals surface area (Å²) in [6.45, 7) is 0. The van der Waals surface area contributed by atoms with Gasteiger partial charge in [0, 0.05) is 0 Å². The van der Waals surface area contributed by atoms with Crippen molar-refractivity contribution in [3.63, 3.8) is 0 Å². The lowest BCUT2D eigenvalue weighted by atomic mass is 10.1. The minimum absolute atomic E-state index is 0.216. The molecule has 1 aromatic carbocycles. The van der Waals surface area contributed by atoms with Crippen molar-refractivity contribution < 1.29 is 14.4 Å². The fourth-order valence-electron chi connectivity index (χ4n) is 1.08. The second-order valence-electron chi connectivity index (χ2n) is 2.36. The molecule has 0 unspecified atom stereocenters. The second kappa shape index (κ2) is 2.34. The van der Waals surface area contributed by atoms with Gasteiger partial charge in [-0.2, -0.15) is 0 Å². The smallest absolute Gasteiger partial charge is 0.336 e. The summed E-state index contributed by atoms with van der Waals surface area (Å²) < 4.78 is 4.64. The Balaban J connectivity index is 2.82. The number of fused-ring (bicyclic) bond motifs is 1. The predicted octanol–water partition coefficient (Wildman–Crippen LogP) is 1.53. The highest BCUT2D eigenvalue weighted by Gasteiger charge is 2.09. The third-order valence-electron chi connectivity index (χ3n) is 1.64. The van der Waals surface area contributed by atoms with E-state index in [9.17, 15) is 4.79 Å². The zero-order chi connectivity index (χ0) is 8.55. The molecule has 4 heteroatoms. The lowest BCUT2D eigenvalue weighted by molar-refractivity contribution is 0.0699. The lowest BCUT2D eigenvalue weighted by Gasteiger charge is -1.92. The Morgan fingerprint density at radius 3 is 3.08 bits per heavy atom. The van der Waals surface area contributed by atoms with Crippen LogP contribution in [0.2, 0.25) is 0 Å². The van der Waals surface area contributed by atoms with Crippen molar-refractivity contribution in [3.05, 3.63) is 30.0 Å². The van der Waals surface area contributed by atoms with Gasteiger partial charge in [-0.15, -0.1) is 0 Å². The van der Waals surface area contributed by atoms with Crippen LogP contribution < -0.4 is 0 Å². The summed E-state index contributed by atoms with van der Waals surface area (Å²) in [5, 5.41) is 12.9. The number of hydrogen-bond donors (Lipinski definition) is 1. The van der Waals surface area contributed by atoms with E-state index >= 15 is 0 Å². The van der Waals surface area contributed by atoms with E-state index in [0.717, 1.165) is 0 Å². The molecule has 0 saturated heterocycles. The monoisotopic (exact) mass is 163 g/mol. The van der Waals surface area contributed by atoms with Crippen molar-refractivity contribution in [2.45, 2.75) is 0 Å². The van der Waals surface area contributed by atoms with Crippen LogP contribution in [0.15, 0.2) is 29.0 Å². The molecular formula is C8H5NO3. The van der Waals surface area contributed by atoms with Crippen molar-refractivity contribution in [2.24, 2.45) is 0 Å². The molecule has 0 saturated carbocycles. The van der Waals surface area contributed by atoms with Gasteiger partial charge < -0.3 is 9.63 Å². The molecule has 12 heavy (non-hydrogen) atoms. The predicted molar refractivity (Wildman–Crippen MR) is 41.0 cm³/mol. The number of aromatic carboxylic acids is 1. The van der Waals surface area contributed by atoms with Crippen molar-refractivity contribution >= 4 is 16.9 Å². The molecule has 0 aliphatic heterocycles. The molecule has 0 aliphatic carbocycles. The zero-order valence-corrected chi connectivity index (χ0v) is 6.02. The molecule has 60 valence electrons. The molecule has 0 bridgehead atoms. The van der Waals surface area contributed by atoms with Gasteiger partial charge in [0.1, 0.15) is 11.8 Å². The van der Waals surface area contributed by atoms with Gasteiger partial charge in [-0.05, 0) is 12.1 Å². The lowest BCUT2D eigenvalue weighted by Crippen LogP contribution is -1.95. The number of carboxylic acids is 1. The molecule has 4 nitrogen and oxygen atoms in total. The molecule has 0 amide bonds. The average Bonchev–Trinajstić information content (AvgIpc) is 2.49. The Kier molecular flexibility index (Phi) is 1.33. The quantitative estimate of drug-likeness (QED) is 0.692. The average molecular weight is 163 g/mol. The third-order valence-corrected chi connectivity index (χ3v) is 1.64. The first-order chi connectivity index (χ1) is 5.79. The first-order valence-corrected chi connectivity index (χ1v) is 3.35. The number of hydrogen-bond acceptors (Lipinski definition) is 3. The summed E-state index contributed by atoms with van der Waals surface area (Å²) >= 11 is 0. The van der Waals surface area contributed by atoms with E-state index in [1.54, 1.807) is 12.1 Å². The van der Waals surface area contributed by atoms with Crippen LogP contribution in [0.25, 0.3) is 10.9 Å². The SMILES string of the molecule is O=C(O)c1cccc2nocc12. The van der Waals surface area contributed by atoms with Gasteiger partial charge >= 0.3 is 5.97 Å². The Morgan fingerprint density at radius 1 is 1.50 bits per heavy atom. The standard InChI is InChI=1S/C8H5NO3/c10-8(11)5-2-1-3-7-6(5)4-12-9-7/h1-4H,(H,10,11). The van der Waals surface area contributed by atoms with E-state index in [2.05, 4.69) is 9.68 Å². The maximum absolute atomic E-state index is 10.6. The van der Waals surface area contributed by atoms with Crippen LogP contribution in [0.5, 0.6) is 0 Å². The van der Waals surface area contributed by atoms with Crippen LogP contribution in [-0.4, -0.2) is 16.2 Å². The number of carbonyl (C=O) groups is 1. The van der Waals surface area contributed by atoms with Crippen molar-refractivity contribution in [1.82, 2.24) is 5.16 Å². The Morgan fingerprint density at radius 2 is 2.33 bits per heavy atom. The van der Waals surface area contributed by atoms with Gasteiger partial charge in [0.25, 0.3) is 0 Å². The number of carboxylic acid groups (broad SMARTS) is 1. The summed E-state index contributed by atoms with van der Waals surface area (Å²) in [6.07, 6.45) is 1.33. The minimum Gasteiger partial charge on any atom is -0.478 e. The van der Waals surface area contributed by atoms with Crippen molar-refractivity contribution in [2.75, 3.05) is 0 Å². The van der Waals surface area contributed by atoms with Crippen LogP contribution >= 0.6 is 0 Å². The van der Waals surface area contributed by atoms with Gasteiger partial charge in [-0.1, -0.05) is 11.2 Å². The fourth-order valence-corrected chi connectivity index (χ4v) is 1.08. The molecule has 0 fully saturated rings. The minimum atomic E-state index is -0.969. The molecule has 2 aromatic rings. The van der Waals surface area contributed by atoms with E-state index in [-0.39, 0.29) is 5.56 Å². The zero-order valence-electron chi connectivity index (χ0n) is 6.02. The maximum Gasteiger partial charge on any atom is 0.336 e. The largest absolute Gasteiger partial charge is 0.478 e. The number of rotatable bonds is 1. The van der Waals surface area contributed by atoms with Crippen molar-refractivity contribution in [1.29, 1.82) is 0 Å². The van der Waals surface area contributed by atoms with Crippen LogP contribution in [0.3, 0.4) is 0 Å². The number of benzene rings is 1. The molecule has 1 aromatic heterocycles. The Bertz CT molecular complexity index is 433. The first kappa shape index (κ1) is 6.84. The van der Waals surface area contributed by atoms with E-state index in [4.69, 9.17) is 5.11 Å². The highest BCUT2D eigenvalue weighted by Crippen LogP contribution is 2.16. The van der Waals surface area contributed by atoms with Gasteiger partial charge in [0.15, 0.2) is 0 Å². The van der Waals surface area contributed by atoms with Gasteiger partial charge in [0.2, 0.25) is 0 Å². The molecule has 0 aliphatic rings. The molecule has 0 radical (unpaired) electrons. The molecule has 0 spiro atoms. The highest BCUT2D eigenvalue weighted by atomic mass is 16.5. The highest BCUT2D eigenvalue weighted by molar-refractivity contribution is 6.01. The van der Waals surface area contributed by atoms with Crippen LogP contribution in [0.1, 0.15) is 10.4 Å². The van der Waals surface area contributed by atoms with E-state index in [1.807, 2.05) is 0 Å². The summed E-state index contributed by atoms with van der Waals surface area (Å²) in [7, 11) is 0. The fraction of sp³-hybridized carbons (Fsp3) is 0. The van der Waals surface area contributed by atoms with Crippen LogP contribution in [0, 0.1) is 0 Å². The molecule has 1 heterocycles. The normalized spacial score (nSPS) is 10.3. The topological polar surface area (TPSA) is 63.3 Å². The summed E-state index contributed by atoms with van der Waals surface area (Å²) in [5.41, 5.74) is 0.781. The summed E-state index contributed by atoms with van der Waals surface area (Å²) in [4.78, 5) is 10.6. The first-order valence-electron chi connectivity index (χ1n) is 3.35. The maximum atomic E-state index is 10.6. The Hall–Kier alpha value is -1.84. The van der Waals surface area contributed by atoms with Crippen LogP contribution in [0.4, 0.5) is 0 Å². The summed E-state index contributed by atoms with van der Waals surface area (Å²) in [6, 6.07) is 4.85. The van der Waals surface area contributed by atoms with E-state index in [0.29, 0.717) is 10.9 Å². The second-order valence-corrected chi connectivity index (χ2v) is 2.36. The third kappa shape index (κ3) is 0.852. The van der Waals surface area contributed by atoms with Gasteiger partial charge in [-0.3, -0.25) is 0 Å². The van der Waals surface area contributed by atoms with E-state index in [1.165, 1.54) is 12.3 Å². The van der Waals surface area contributed by atoms with Crippen LogP contribution in [-0.2, 0) is 0 Å². The Labute approximate surface area is 67.4 Å². The van der Waals surface area contributed by atoms with Gasteiger partial charge in [-0.25, -0.2) is 4.79 Å². The molecule has 2 rings (SSSR count). The molecule has 0 atom stereocenters. The molecule has 1 N–H and O–H groups in total. The van der Waals surface area contributed by atoms with E-state index < -0.39 is 5.97 Å². The number of aromatic nitrogens is 1. The van der Waals surface area contributed by atoms with Gasteiger partial charge in [0.05, 0.1) is 10.9 Å². The van der Waals surface area contributed by atoms with Crippen molar-refractivity contribution in [3.8, 4) is 0 Å². The molecular weight excluding hydrogens is 158 g/mol. The number of nitrogens with zero attached hydrogens (tertiary/aromatic N) is 1. The summed E-state index contributed by atoms with van der Waals surface area (Å²) in [5.74, 6) is -0.969.